The van der Waals surface area contributed by atoms with Crippen molar-refractivity contribution in [3.05, 3.63) is 36.0 Å². The second kappa shape index (κ2) is 5.92. The van der Waals surface area contributed by atoms with E-state index in [0.717, 1.165) is 27.8 Å². The fraction of sp³-hybridized carbons (Fsp3) is 0.286. The van der Waals surface area contributed by atoms with Crippen molar-refractivity contribution in [2.24, 2.45) is 0 Å². The van der Waals surface area contributed by atoms with Gasteiger partial charge in [-0.25, -0.2) is 0 Å². The quantitative estimate of drug-likeness (QED) is 0.563. The van der Waals surface area contributed by atoms with Gasteiger partial charge in [-0.05, 0) is 0 Å². The summed E-state index contributed by atoms with van der Waals surface area (Å²) in [5.41, 5.74) is -0.596. The van der Waals surface area contributed by atoms with Crippen LogP contribution < -0.4 is 0 Å². The molecule has 21 heavy (non-hydrogen) atoms. The number of hydrogen-bond acceptors (Lipinski definition) is 3. The third kappa shape index (κ3) is 3.28. The van der Waals surface area contributed by atoms with E-state index >= 15 is 0 Å². The Morgan fingerprint density at radius 3 is 2.57 bits per heavy atom. The Hall–Kier alpha value is -1.78. The minimum atomic E-state index is -2.09. The summed E-state index contributed by atoms with van der Waals surface area (Å²) >= 11 is 0.884. The van der Waals surface area contributed by atoms with Crippen LogP contribution in [-0.4, -0.2) is 54.7 Å². The van der Waals surface area contributed by atoms with Crippen molar-refractivity contribution in [1.82, 2.24) is 4.98 Å². The Morgan fingerprint density at radius 2 is 1.95 bits per heavy atom. The third-order valence-electron chi connectivity index (χ3n) is 3.43. The Bertz CT molecular complexity index is 683. The zero-order valence-corrected chi connectivity index (χ0v) is 13.5. The van der Waals surface area contributed by atoms with Crippen LogP contribution in [0.2, 0.25) is 4.71 Å². The van der Waals surface area contributed by atoms with E-state index in [-0.39, 0.29) is 12.8 Å². The third-order valence-corrected chi connectivity index (χ3v) is 4.52. The second-order valence-corrected chi connectivity index (χ2v) is 6.71. The summed E-state index contributed by atoms with van der Waals surface area (Å²) in [6, 6.07) is 7.35. The summed E-state index contributed by atoms with van der Waals surface area (Å²) in [7, 11) is 0. The molecule has 3 unspecified atom stereocenters. The molecular weight excluding hydrogens is 337 g/mol. The van der Waals surface area contributed by atoms with Gasteiger partial charge in [0, 0.05) is 0 Å². The van der Waals surface area contributed by atoms with Gasteiger partial charge in [0.25, 0.3) is 0 Å². The predicted molar refractivity (Wildman–Crippen MR) is 79.1 cm³/mol. The van der Waals surface area contributed by atoms with E-state index in [0.29, 0.717) is 5.56 Å². The van der Waals surface area contributed by atoms with E-state index in [4.69, 9.17) is 5.11 Å². The molecule has 3 atom stereocenters. The summed E-state index contributed by atoms with van der Waals surface area (Å²) in [5.74, 6) is -2.51. The molecule has 1 aromatic heterocycles. The fourth-order valence-corrected chi connectivity index (χ4v) is 3.10. The first-order valence-electron chi connectivity index (χ1n) is 6.32. The van der Waals surface area contributed by atoms with Crippen LogP contribution in [0.5, 0.6) is 0 Å². The van der Waals surface area contributed by atoms with Crippen molar-refractivity contribution >= 4 is 39.7 Å². The van der Waals surface area contributed by atoms with Gasteiger partial charge < -0.3 is 0 Å². The molecule has 0 aliphatic carbocycles. The van der Waals surface area contributed by atoms with E-state index in [1.807, 2.05) is 24.3 Å². The molecule has 6 nitrogen and oxygen atoms in total. The first kappa shape index (κ1) is 15.6. The Kier molecular flexibility index (Phi) is 4.40. The second-order valence-electron chi connectivity index (χ2n) is 5.02. The standard InChI is InChI=1S/C14H16AsNO5/c15-10(12(17)18)6-14(21,13(19)20)5-8-7-16-11-4-2-1-3-9(8)11/h1-4,7,10,16,21H,5-6,15H2,(H,17,18)(H,19,20). The van der Waals surface area contributed by atoms with Crippen LogP contribution in [0.3, 0.4) is 0 Å². The Morgan fingerprint density at radius 1 is 1.29 bits per heavy atom. The molecular formula is C14H16AsNO5. The topological polar surface area (TPSA) is 111 Å². The molecule has 112 valence electrons. The molecule has 2 aromatic rings. The predicted octanol–water partition coefficient (Wildman–Crippen LogP) is 0.422. The first-order valence-corrected chi connectivity index (χ1v) is 7.72. The van der Waals surface area contributed by atoms with E-state index < -0.39 is 22.2 Å². The normalized spacial score (nSPS) is 15.5. The molecule has 0 fully saturated rings. The fourth-order valence-electron chi connectivity index (χ4n) is 2.28. The SMILES string of the molecule is O=C(O)C([AsH2])CC(O)(Cc1c[nH]c2ccccc12)C(=O)O. The molecule has 1 heterocycles. The maximum atomic E-state index is 11.4. The molecule has 0 spiro atoms. The number of carboxylic acids is 2. The van der Waals surface area contributed by atoms with E-state index in [1.165, 1.54) is 0 Å². The van der Waals surface area contributed by atoms with Crippen molar-refractivity contribution in [2.45, 2.75) is 23.1 Å². The van der Waals surface area contributed by atoms with Gasteiger partial charge in [0.2, 0.25) is 0 Å². The number of carboxylic acid groups (broad SMARTS) is 2. The van der Waals surface area contributed by atoms with Crippen molar-refractivity contribution in [3.8, 4) is 0 Å². The molecule has 2 rings (SSSR count). The van der Waals surface area contributed by atoms with Crippen LogP contribution in [0.15, 0.2) is 30.5 Å². The summed E-state index contributed by atoms with van der Waals surface area (Å²) in [6.07, 6.45) is 1.19. The summed E-state index contributed by atoms with van der Waals surface area (Å²) in [6.45, 7) is 0. The van der Waals surface area contributed by atoms with Gasteiger partial charge in [-0.2, -0.15) is 0 Å². The van der Waals surface area contributed by atoms with Crippen molar-refractivity contribution in [3.63, 3.8) is 0 Å². The van der Waals surface area contributed by atoms with Gasteiger partial charge >= 0.3 is 129 Å². The molecule has 0 aliphatic heterocycles. The van der Waals surface area contributed by atoms with Crippen LogP contribution in [0.25, 0.3) is 10.9 Å². The summed E-state index contributed by atoms with van der Waals surface area (Å²) < 4.78 is -0.885. The molecule has 0 radical (unpaired) electrons. The molecule has 1 aromatic carbocycles. The molecule has 4 N–H and O–H groups in total. The summed E-state index contributed by atoms with van der Waals surface area (Å²) in [4.78, 5) is 25.3. The number of H-pyrrole nitrogens is 1. The van der Waals surface area contributed by atoms with Crippen LogP contribution in [0.1, 0.15) is 12.0 Å². The van der Waals surface area contributed by atoms with Gasteiger partial charge in [-0.15, -0.1) is 0 Å². The Balaban J connectivity index is 2.31. The molecule has 0 saturated carbocycles. The number of nitrogens with one attached hydrogen (secondary N) is 1. The zero-order valence-electron chi connectivity index (χ0n) is 11.1. The van der Waals surface area contributed by atoms with Crippen molar-refractivity contribution in [1.29, 1.82) is 0 Å². The molecule has 7 heteroatoms. The number of aliphatic carboxylic acids is 2. The summed E-state index contributed by atoms with van der Waals surface area (Å²) in [5, 5.41) is 29.4. The van der Waals surface area contributed by atoms with Gasteiger partial charge in [0.1, 0.15) is 0 Å². The molecule has 0 aliphatic rings. The van der Waals surface area contributed by atoms with Gasteiger partial charge in [0.15, 0.2) is 0 Å². The number of aromatic nitrogens is 1. The number of rotatable bonds is 6. The number of aliphatic hydroxyl groups is 1. The van der Waals surface area contributed by atoms with Gasteiger partial charge in [0.05, 0.1) is 0 Å². The number of fused-ring (bicyclic) bond motifs is 1. The van der Waals surface area contributed by atoms with Crippen molar-refractivity contribution in [2.75, 3.05) is 0 Å². The number of para-hydroxylation sites is 1. The Labute approximate surface area is 129 Å². The van der Waals surface area contributed by atoms with E-state index in [1.54, 1.807) is 6.20 Å². The molecule has 0 bridgehead atoms. The van der Waals surface area contributed by atoms with Crippen LogP contribution in [0.4, 0.5) is 0 Å². The van der Waals surface area contributed by atoms with Crippen LogP contribution in [0, 0.1) is 0 Å². The monoisotopic (exact) mass is 353 g/mol. The minimum absolute atomic E-state index is 0.139. The van der Waals surface area contributed by atoms with Crippen molar-refractivity contribution < 1.29 is 24.9 Å². The van der Waals surface area contributed by atoms with E-state index in [9.17, 15) is 19.8 Å². The van der Waals surface area contributed by atoms with E-state index in [2.05, 4.69) is 4.98 Å². The average molecular weight is 353 g/mol. The number of aromatic amines is 1. The average Bonchev–Trinajstić information content (AvgIpc) is 2.81. The first-order chi connectivity index (χ1) is 9.83. The van der Waals surface area contributed by atoms with Gasteiger partial charge in [-0.1, -0.05) is 0 Å². The van der Waals surface area contributed by atoms with Crippen LogP contribution in [-0.2, 0) is 16.0 Å². The van der Waals surface area contributed by atoms with Gasteiger partial charge in [-0.3, -0.25) is 0 Å². The number of carbonyl (C=O) groups is 2. The molecule has 0 saturated heterocycles. The maximum absolute atomic E-state index is 11.4. The molecule has 0 amide bonds. The number of benzene rings is 1. The number of hydrogen-bond donors (Lipinski definition) is 4. The zero-order chi connectivity index (χ0) is 15.6. The van der Waals surface area contributed by atoms with Crippen LogP contribution >= 0.6 is 0 Å².